The summed E-state index contributed by atoms with van der Waals surface area (Å²) in [7, 11) is 1.59. The third-order valence-corrected chi connectivity index (χ3v) is 2.91. The highest BCUT2D eigenvalue weighted by Gasteiger charge is 2.16. The van der Waals surface area contributed by atoms with E-state index in [1.165, 1.54) is 0 Å². The number of ether oxygens (including phenoxy) is 1. The smallest absolute Gasteiger partial charge is 0.137 e. The van der Waals surface area contributed by atoms with Gasteiger partial charge < -0.3 is 4.74 Å². The number of methoxy groups -OCH3 is 1. The molecule has 0 saturated carbocycles. The fraction of sp³-hybridized carbons (Fsp3) is 0.462. The average Bonchev–Trinajstić information content (AvgIpc) is 2.29. The zero-order chi connectivity index (χ0) is 13.1. The summed E-state index contributed by atoms with van der Waals surface area (Å²) in [6, 6.07) is 5.97. The van der Waals surface area contributed by atoms with Crippen molar-refractivity contribution < 1.29 is 4.74 Å². The van der Waals surface area contributed by atoms with E-state index in [1.54, 1.807) is 7.11 Å². The number of hydrogen-bond donors (Lipinski definition) is 1. The lowest BCUT2D eigenvalue weighted by Gasteiger charge is -2.19. The summed E-state index contributed by atoms with van der Waals surface area (Å²) in [5.41, 5.74) is 1.62. The van der Waals surface area contributed by atoms with Crippen molar-refractivity contribution in [2.75, 3.05) is 7.11 Å². The van der Waals surface area contributed by atoms with Crippen LogP contribution in [0.1, 0.15) is 25.0 Å². The van der Waals surface area contributed by atoms with Gasteiger partial charge in [0.2, 0.25) is 0 Å². The van der Waals surface area contributed by atoms with E-state index in [4.69, 9.17) is 21.6 Å². The summed E-state index contributed by atoms with van der Waals surface area (Å²) in [5.74, 6) is 0.674. The lowest BCUT2D eigenvalue weighted by molar-refractivity contribution is 0.414. The summed E-state index contributed by atoms with van der Waals surface area (Å²) in [4.78, 5) is 0. The Morgan fingerprint density at radius 1 is 1.47 bits per heavy atom. The fourth-order valence-corrected chi connectivity index (χ4v) is 1.66. The van der Waals surface area contributed by atoms with Gasteiger partial charge in [0.15, 0.2) is 0 Å². The van der Waals surface area contributed by atoms with E-state index in [-0.39, 0.29) is 0 Å². The number of halogens is 1. The monoisotopic (exact) mass is 252 g/mol. The molecule has 1 aromatic carbocycles. The highest BCUT2D eigenvalue weighted by molar-refractivity contribution is 6.32. The van der Waals surface area contributed by atoms with Crippen molar-refractivity contribution in [2.24, 2.45) is 0 Å². The maximum Gasteiger partial charge on any atom is 0.137 e. The van der Waals surface area contributed by atoms with Gasteiger partial charge in [-0.05, 0) is 44.0 Å². The van der Waals surface area contributed by atoms with Crippen LogP contribution in [0, 0.1) is 18.3 Å². The number of nitrogens with zero attached hydrogens (tertiary/aromatic N) is 1. The second kappa shape index (κ2) is 5.39. The fourth-order valence-electron chi connectivity index (χ4n) is 1.40. The molecule has 0 bridgehead atoms. The topological polar surface area (TPSA) is 45.0 Å². The molecule has 0 aliphatic heterocycles. The first kappa shape index (κ1) is 13.8. The van der Waals surface area contributed by atoms with Gasteiger partial charge in [-0.3, -0.25) is 5.32 Å². The van der Waals surface area contributed by atoms with Crippen LogP contribution in [0.25, 0.3) is 0 Å². The molecule has 4 heteroatoms. The first-order valence-corrected chi connectivity index (χ1v) is 5.76. The number of hydrogen-bond acceptors (Lipinski definition) is 3. The molecule has 0 saturated heterocycles. The maximum atomic E-state index is 8.92. The molecule has 1 rings (SSSR count). The van der Waals surface area contributed by atoms with E-state index in [2.05, 4.69) is 11.4 Å². The van der Waals surface area contributed by atoms with E-state index < -0.39 is 5.54 Å². The van der Waals surface area contributed by atoms with E-state index >= 15 is 0 Å². The van der Waals surface area contributed by atoms with Gasteiger partial charge in [0, 0.05) is 6.54 Å². The molecule has 1 N–H and O–H groups in total. The van der Waals surface area contributed by atoms with Gasteiger partial charge in [-0.15, -0.1) is 0 Å². The molecule has 0 heterocycles. The second-order valence-electron chi connectivity index (χ2n) is 4.50. The number of benzene rings is 1. The summed E-state index contributed by atoms with van der Waals surface area (Å²) in [6.45, 7) is 6.28. The molecule has 0 aliphatic carbocycles. The Balaban J connectivity index is 2.87. The van der Waals surface area contributed by atoms with E-state index in [0.29, 0.717) is 17.3 Å². The molecule has 0 unspecified atom stereocenters. The van der Waals surface area contributed by atoms with Gasteiger partial charge in [-0.2, -0.15) is 5.26 Å². The highest BCUT2D eigenvalue weighted by Crippen LogP contribution is 2.27. The minimum atomic E-state index is -0.543. The van der Waals surface area contributed by atoms with Gasteiger partial charge in [-0.25, -0.2) is 0 Å². The standard InChI is InChI=1S/C13H17ClN2O/c1-9-5-12(17-4)11(14)6-10(9)7-16-13(2,3)8-15/h5-6,16H,7H2,1-4H3. The Labute approximate surface area is 107 Å². The lowest BCUT2D eigenvalue weighted by atomic mass is 10.0. The van der Waals surface area contributed by atoms with Crippen molar-refractivity contribution in [3.8, 4) is 11.8 Å². The van der Waals surface area contributed by atoms with Gasteiger partial charge in [0.25, 0.3) is 0 Å². The Kier molecular flexibility index (Phi) is 4.39. The Morgan fingerprint density at radius 2 is 2.12 bits per heavy atom. The van der Waals surface area contributed by atoms with Crippen LogP contribution in [-0.4, -0.2) is 12.6 Å². The zero-order valence-electron chi connectivity index (χ0n) is 10.6. The van der Waals surface area contributed by atoms with Crippen LogP contribution >= 0.6 is 11.6 Å². The van der Waals surface area contributed by atoms with Crippen LogP contribution < -0.4 is 10.1 Å². The Bertz CT molecular complexity index is 449. The molecule has 0 radical (unpaired) electrons. The van der Waals surface area contributed by atoms with E-state index in [1.807, 2.05) is 32.9 Å². The zero-order valence-corrected chi connectivity index (χ0v) is 11.4. The average molecular weight is 253 g/mol. The van der Waals surface area contributed by atoms with Gasteiger partial charge in [-0.1, -0.05) is 11.6 Å². The number of aryl methyl sites for hydroxylation is 1. The van der Waals surface area contributed by atoms with Crippen molar-refractivity contribution in [1.29, 1.82) is 5.26 Å². The maximum absolute atomic E-state index is 8.92. The van der Waals surface area contributed by atoms with Gasteiger partial charge in [0.05, 0.1) is 18.2 Å². The third-order valence-electron chi connectivity index (χ3n) is 2.61. The molecule has 0 spiro atoms. The molecule has 17 heavy (non-hydrogen) atoms. The van der Waals surface area contributed by atoms with Gasteiger partial charge >= 0.3 is 0 Å². The first-order valence-electron chi connectivity index (χ1n) is 5.39. The Morgan fingerprint density at radius 3 is 2.65 bits per heavy atom. The largest absolute Gasteiger partial charge is 0.495 e. The predicted molar refractivity (Wildman–Crippen MR) is 69.3 cm³/mol. The van der Waals surface area contributed by atoms with Crippen molar-refractivity contribution in [3.05, 3.63) is 28.3 Å². The molecular weight excluding hydrogens is 236 g/mol. The van der Waals surface area contributed by atoms with Crippen molar-refractivity contribution >= 4 is 11.6 Å². The summed E-state index contributed by atoms with van der Waals surface area (Å²) in [6.07, 6.45) is 0. The quantitative estimate of drug-likeness (QED) is 0.896. The third kappa shape index (κ3) is 3.62. The number of rotatable bonds is 4. The van der Waals surface area contributed by atoms with Crippen molar-refractivity contribution in [2.45, 2.75) is 32.9 Å². The first-order chi connectivity index (χ1) is 7.89. The molecule has 92 valence electrons. The number of nitriles is 1. The Hall–Kier alpha value is -1.24. The molecule has 0 atom stereocenters. The predicted octanol–water partition coefficient (Wildman–Crippen LogP) is 3.05. The van der Waals surface area contributed by atoms with Crippen LogP contribution in [0.2, 0.25) is 5.02 Å². The van der Waals surface area contributed by atoms with Crippen LogP contribution in [0.3, 0.4) is 0 Å². The molecule has 0 amide bonds. The van der Waals surface area contributed by atoms with Gasteiger partial charge in [0.1, 0.15) is 11.3 Å². The molecule has 1 aromatic rings. The van der Waals surface area contributed by atoms with Crippen molar-refractivity contribution in [3.63, 3.8) is 0 Å². The van der Waals surface area contributed by atoms with Crippen molar-refractivity contribution in [1.82, 2.24) is 5.32 Å². The molecule has 0 fully saturated rings. The SMILES string of the molecule is COc1cc(C)c(CNC(C)(C)C#N)cc1Cl. The summed E-state index contributed by atoms with van der Waals surface area (Å²) in [5, 5.41) is 12.7. The minimum Gasteiger partial charge on any atom is -0.495 e. The second-order valence-corrected chi connectivity index (χ2v) is 4.91. The molecular formula is C13H17ClN2O. The van der Waals surface area contributed by atoms with E-state index in [0.717, 1.165) is 11.1 Å². The van der Waals surface area contributed by atoms with E-state index in [9.17, 15) is 0 Å². The van der Waals surface area contributed by atoms with Crippen LogP contribution in [-0.2, 0) is 6.54 Å². The highest BCUT2D eigenvalue weighted by atomic mass is 35.5. The minimum absolute atomic E-state index is 0.543. The summed E-state index contributed by atoms with van der Waals surface area (Å²) >= 11 is 6.07. The lowest BCUT2D eigenvalue weighted by Crippen LogP contribution is -2.37. The van der Waals surface area contributed by atoms with Crippen LogP contribution in [0.5, 0.6) is 5.75 Å². The van der Waals surface area contributed by atoms with Crippen LogP contribution in [0.15, 0.2) is 12.1 Å². The molecule has 0 aliphatic rings. The van der Waals surface area contributed by atoms with Crippen LogP contribution in [0.4, 0.5) is 0 Å². The number of nitrogens with one attached hydrogen (secondary N) is 1. The summed E-state index contributed by atoms with van der Waals surface area (Å²) < 4.78 is 5.14. The molecule has 3 nitrogen and oxygen atoms in total. The normalized spacial score (nSPS) is 11.1. The molecule has 0 aromatic heterocycles.